The Kier molecular flexibility index (Phi) is 5.00. The van der Waals surface area contributed by atoms with E-state index >= 15 is 0 Å². The van der Waals surface area contributed by atoms with Crippen molar-refractivity contribution in [2.45, 2.75) is 0 Å². The molecule has 0 heterocycles. The number of ether oxygens (including phenoxy) is 1. The fourth-order valence-corrected chi connectivity index (χ4v) is 1.87. The van der Waals surface area contributed by atoms with E-state index < -0.39 is 7.32 Å². The monoisotopic (exact) mass is 273 g/mol. The molecule has 2 rings (SSSR count). The first-order chi connectivity index (χ1) is 9.72. The zero-order valence-corrected chi connectivity index (χ0v) is 10.9. The van der Waals surface area contributed by atoms with Gasteiger partial charge in [-0.05, 0) is 11.6 Å². The van der Waals surface area contributed by atoms with Gasteiger partial charge < -0.3 is 25.2 Å². The summed E-state index contributed by atoms with van der Waals surface area (Å²) < 4.78 is 10.6. The van der Waals surface area contributed by atoms with Gasteiger partial charge in [0.15, 0.2) is 11.5 Å². The molecule has 0 amide bonds. The second-order valence-electron chi connectivity index (χ2n) is 4.08. The minimum absolute atomic E-state index is 0.280. The van der Waals surface area contributed by atoms with Crippen LogP contribution in [0.5, 0.6) is 11.5 Å². The van der Waals surface area contributed by atoms with Crippen molar-refractivity contribution in [3.05, 3.63) is 48.5 Å². The van der Waals surface area contributed by atoms with Crippen molar-refractivity contribution in [1.29, 1.82) is 0 Å². The van der Waals surface area contributed by atoms with Gasteiger partial charge in [0, 0.05) is 12.1 Å². The van der Waals surface area contributed by atoms with Crippen molar-refractivity contribution >= 4 is 7.32 Å². The molecule has 0 bridgehead atoms. The molecule has 6 heteroatoms. The summed E-state index contributed by atoms with van der Waals surface area (Å²) >= 11 is 0. The molecule has 0 aliphatic heterocycles. The normalized spacial score (nSPS) is 10.2. The van der Waals surface area contributed by atoms with Crippen LogP contribution in [0.25, 0.3) is 11.1 Å². The molecular weight excluding hydrogens is 257 g/mol. The van der Waals surface area contributed by atoms with Crippen LogP contribution in [0.3, 0.4) is 0 Å². The van der Waals surface area contributed by atoms with E-state index in [0.717, 1.165) is 5.56 Å². The Bertz CT molecular complexity index is 548. The zero-order chi connectivity index (χ0) is 14.4. The lowest BCUT2D eigenvalue weighted by molar-refractivity contribution is 0.270. The zero-order valence-electron chi connectivity index (χ0n) is 10.9. The molecule has 0 aliphatic carbocycles. The maximum absolute atomic E-state index is 9.08. The molecule has 0 saturated heterocycles. The third kappa shape index (κ3) is 3.51. The lowest BCUT2D eigenvalue weighted by Crippen LogP contribution is -2.22. The van der Waals surface area contributed by atoms with Crippen molar-refractivity contribution in [2.24, 2.45) is 5.73 Å². The highest BCUT2D eigenvalue weighted by Gasteiger charge is 2.19. The van der Waals surface area contributed by atoms with E-state index in [1.54, 1.807) is 6.07 Å². The first kappa shape index (κ1) is 14.4. The van der Waals surface area contributed by atoms with Crippen molar-refractivity contribution in [2.75, 3.05) is 13.2 Å². The molecule has 4 N–H and O–H groups in total. The van der Waals surface area contributed by atoms with E-state index in [4.69, 9.17) is 25.2 Å². The van der Waals surface area contributed by atoms with Crippen molar-refractivity contribution in [3.63, 3.8) is 0 Å². The van der Waals surface area contributed by atoms with Gasteiger partial charge in [0.2, 0.25) is 0 Å². The Labute approximate surface area is 117 Å². The highest BCUT2D eigenvalue weighted by Crippen LogP contribution is 2.38. The summed E-state index contributed by atoms with van der Waals surface area (Å²) in [4.78, 5) is 0. The number of para-hydroxylation sites is 1. The van der Waals surface area contributed by atoms with Crippen LogP contribution in [-0.4, -0.2) is 30.5 Å². The molecule has 0 aliphatic rings. The SMILES string of the molecule is NCCOc1cccc(-c2ccccc2)c1OB(O)O. The van der Waals surface area contributed by atoms with E-state index in [-0.39, 0.29) is 5.75 Å². The van der Waals surface area contributed by atoms with Crippen LogP contribution in [0.1, 0.15) is 0 Å². The fourth-order valence-electron chi connectivity index (χ4n) is 1.87. The topological polar surface area (TPSA) is 84.9 Å². The molecule has 0 fully saturated rings. The molecule has 0 aromatic heterocycles. The minimum atomic E-state index is -1.92. The van der Waals surface area contributed by atoms with Crippen molar-refractivity contribution in [3.8, 4) is 22.6 Å². The Morgan fingerprint density at radius 2 is 1.75 bits per heavy atom. The van der Waals surface area contributed by atoms with Gasteiger partial charge in [0.25, 0.3) is 0 Å². The molecule has 5 nitrogen and oxygen atoms in total. The van der Waals surface area contributed by atoms with Gasteiger partial charge in [-0.3, -0.25) is 0 Å². The predicted octanol–water partition coefficient (Wildman–Crippen LogP) is 1.04. The molecule has 0 unspecified atom stereocenters. The van der Waals surface area contributed by atoms with E-state index in [9.17, 15) is 0 Å². The molecule has 0 radical (unpaired) electrons. The number of hydrogen-bond acceptors (Lipinski definition) is 5. The first-order valence-corrected chi connectivity index (χ1v) is 6.26. The summed E-state index contributed by atoms with van der Waals surface area (Å²) in [6.45, 7) is 0.673. The van der Waals surface area contributed by atoms with Crippen LogP contribution in [0, 0.1) is 0 Å². The maximum Gasteiger partial charge on any atom is 0.707 e. The Hall–Kier alpha value is -2.02. The largest absolute Gasteiger partial charge is 0.707 e. The summed E-state index contributed by atoms with van der Waals surface area (Å²) in [5.41, 5.74) is 7.02. The Balaban J connectivity index is 2.44. The van der Waals surface area contributed by atoms with Gasteiger partial charge in [0.1, 0.15) is 6.61 Å². The minimum Gasteiger partial charge on any atom is -0.509 e. The summed E-state index contributed by atoms with van der Waals surface area (Å²) in [5, 5.41) is 18.2. The van der Waals surface area contributed by atoms with Gasteiger partial charge in [-0.2, -0.15) is 0 Å². The van der Waals surface area contributed by atoms with Crippen LogP contribution in [-0.2, 0) is 0 Å². The summed E-state index contributed by atoms with van der Waals surface area (Å²) in [7, 11) is -1.92. The second-order valence-corrected chi connectivity index (χ2v) is 4.08. The molecular formula is C14H16BNO4. The average Bonchev–Trinajstić information content (AvgIpc) is 2.46. The van der Waals surface area contributed by atoms with Gasteiger partial charge in [-0.15, -0.1) is 0 Å². The van der Waals surface area contributed by atoms with Gasteiger partial charge in [-0.1, -0.05) is 42.5 Å². The third-order valence-corrected chi connectivity index (χ3v) is 2.66. The van der Waals surface area contributed by atoms with Gasteiger partial charge in [0.05, 0.1) is 0 Å². The van der Waals surface area contributed by atoms with Crippen LogP contribution >= 0.6 is 0 Å². The standard InChI is InChI=1S/C14H16BNO4/c16-9-10-19-13-8-4-7-12(14(13)20-15(17)18)11-5-2-1-3-6-11/h1-8,17-18H,9-10,16H2. The molecule has 0 saturated carbocycles. The number of rotatable bonds is 6. The van der Waals surface area contributed by atoms with Crippen LogP contribution in [0.4, 0.5) is 0 Å². The summed E-state index contributed by atoms with van der Waals surface area (Å²) in [5.74, 6) is 0.701. The molecule has 2 aromatic carbocycles. The number of hydrogen-bond donors (Lipinski definition) is 3. The molecule has 2 aromatic rings. The quantitative estimate of drug-likeness (QED) is 0.685. The second kappa shape index (κ2) is 6.95. The van der Waals surface area contributed by atoms with E-state index in [1.165, 1.54) is 0 Å². The number of benzene rings is 2. The van der Waals surface area contributed by atoms with E-state index in [0.29, 0.717) is 24.5 Å². The van der Waals surface area contributed by atoms with Gasteiger partial charge >= 0.3 is 7.32 Å². The molecule has 0 spiro atoms. The smallest absolute Gasteiger partial charge is 0.509 e. The molecule has 20 heavy (non-hydrogen) atoms. The Morgan fingerprint density at radius 1 is 1.00 bits per heavy atom. The summed E-state index contributed by atoms with van der Waals surface area (Å²) in [6, 6.07) is 14.8. The molecule has 0 atom stereocenters. The lowest BCUT2D eigenvalue weighted by Gasteiger charge is -2.16. The van der Waals surface area contributed by atoms with E-state index in [1.807, 2.05) is 42.5 Å². The Morgan fingerprint density at radius 3 is 2.40 bits per heavy atom. The highest BCUT2D eigenvalue weighted by atomic mass is 16.6. The van der Waals surface area contributed by atoms with Crippen molar-refractivity contribution in [1.82, 2.24) is 0 Å². The fraction of sp³-hybridized carbons (Fsp3) is 0.143. The van der Waals surface area contributed by atoms with Crippen LogP contribution in [0.15, 0.2) is 48.5 Å². The predicted molar refractivity (Wildman–Crippen MR) is 77.2 cm³/mol. The van der Waals surface area contributed by atoms with E-state index in [2.05, 4.69) is 0 Å². The number of nitrogens with two attached hydrogens (primary N) is 1. The van der Waals surface area contributed by atoms with Crippen molar-refractivity contribution < 1.29 is 19.4 Å². The average molecular weight is 273 g/mol. The lowest BCUT2D eigenvalue weighted by atomic mass is 10.0. The maximum atomic E-state index is 9.08. The molecule has 104 valence electrons. The highest BCUT2D eigenvalue weighted by molar-refractivity contribution is 6.34. The van der Waals surface area contributed by atoms with Crippen LogP contribution in [0.2, 0.25) is 0 Å². The van der Waals surface area contributed by atoms with Crippen LogP contribution < -0.4 is 15.1 Å². The van der Waals surface area contributed by atoms with Gasteiger partial charge in [-0.25, -0.2) is 0 Å². The first-order valence-electron chi connectivity index (χ1n) is 6.26. The summed E-state index contributed by atoms with van der Waals surface area (Å²) in [6.07, 6.45) is 0. The third-order valence-electron chi connectivity index (χ3n) is 2.66.